The zero-order chi connectivity index (χ0) is 14.0. The van der Waals surface area contributed by atoms with Crippen LogP contribution in [0.1, 0.15) is 23.7 Å². The van der Waals surface area contributed by atoms with E-state index in [1.165, 1.54) is 0 Å². The number of nitrogens with zero attached hydrogens (tertiary/aromatic N) is 2. The van der Waals surface area contributed by atoms with Crippen molar-refractivity contribution < 1.29 is 4.79 Å². The van der Waals surface area contributed by atoms with E-state index in [0.717, 1.165) is 25.2 Å². The van der Waals surface area contributed by atoms with Gasteiger partial charge in [-0.05, 0) is 32.0 Å². The molecule has 0 aliphatic carbocycles. The van der Waals surface area contributed by atoms with Crippen LogP contribution in [0.5, 0.6) is 0 Å². The Hall–Kier alpha value is -2.14. The van der Waals surface area contributed by atoms with E-state index in [0.29, 0.717) is 5.56 Å². The van der Waals surface area contributed by atoms with Crippen molar-refractivity contribution in [2.45, 2.75) is 18.9 Å². The quantitative estimate of drug-likeness (QED) is 0.885. The van der Waals surface area contributed by atoms with Crippen LogP contribution in [0.3, 0.4) is 0 Å². The minimum absolute atomic E-state index is 0.0709. The highest BCUT2D eigenvalue weighted by atomic mass is 16.1. The first-order valence-corrected chi connectivity index (χ1v) is 6.80. The molecule has 1 unspecified atom stereocenters. The Morgan fingerprint density at radius 1 is 1.40 bits per heavy atom. The van der Waals surface area contributed by atoms with E-state index in [2.05, 4.69) is 22.7 Å². The third-order valence-corrected chi connectivity index (χ3v) is 3.65. The number of aromatic nitrogens is 2. The summed E-state index contributed by atoms with van der Waals surface area (Å²) >= 11 is 0. The lowest BCUT2D eigenvalue weighted by Gasteiger charge is -2.23. The number of carbonyl (C=O) groups excluding carboxylic acids is 1. The second kappa shape index (κ2) is 5.09. The number of hydrogen-bond donors (Lipinski definition) is 2. The largest absolute Gasteiger partial charge is 0.345 e. The zero-order valence-corrected chi connectivity index (χ0v) is 11.5. The smallest absolute Gasteiger partial charge is 0.254 e. The Balaban J connectivity index is 1.75. The van der Waals surface area contributed by atoms with Gasteiger partial charge in [-0.1, -0.05) is 18.2 Å². The normalized spacial score (nSPS) is 21.9. The Labute approximate surface area is 118 Å². The molecule has 1 aliphatic rings. The summed E-state index contributed by atoms with van der Waals surface area (Å²) in [4.78, 5) is 12.3. The Morgan fingerprint density at radius 2 is 2.20 bits per heavy atom. The molecule has 0 bridgehead atoms. The van der Waals surface area contributed by atoms with E-state index >= 15 is 0 Å². The van der Waals surface area contributed by atoms with Crippen LogP contribution < -0.4 is 10.6 Å². The van der Waals surface area contributed by atoms with Crippen molar-refractivity contribution in [1.82, 2.24) is 20.4 Å². The van der Waals surface area contributed by atoms with E-state index < -0.39 is 0 Å². The molecule has 2 aromatic rings. The monoisotopic (exact) mass is 270 g/mol. The van der Waals surface area contributed by atoms with Crippen molar-refractivity contribution in [3.63, 3.8) is 0 Å². The average molecular weight is 270 g/mol. The van der Waals surface area contributed by atoms with Crippen LogP contribution in [0.4, 0.5) is 0 Å². The van der Waals surface area contributed by atoms with E-state index in [1.54, 1.807) is 17.1 Å². The van der Waals surface area contributed by atoms with Crippen LogP contribution in [0, 0.1) is 0 Å². The van der Waals surface area contributed by atoms with Gasteiger partial charge in [-0.2, -0.15) is 5.10 Å². The second-order valence-corrected chi connectivity index (χ2v) is 5.45. The molecule has 1 amide bonds. The molecule has 1 fully saturated rings. The molecule has 0 spiro atoms. The molecule has 0 saturated carbocycles. The number of benzene rings is 1. The molecule has 104 valence electrons. The standard InChI is InChI=1S/C15H18N4O/c1-15(7-8-16-11-15)18-14(20)12-9-17-19(10-12)13-5-3-2-4-6-13/h2-6,9-10,16H,7-8,11H2,1H3,(H,18,20). The Kier molecular flexibility index (Phi) is 3.28. The van der Waals surface area contributed by atoms with Gasteiger partial charge in [0.25, 0.3) is 5.91 Å². The van der Waals surface area contributed by atoms with Gasteiger partial charge >= 0.3 is 0 Å². The van der Waals surface area contributed by atoms with E-state index in [1.807, 2.05) is 30.3 Å². The first-order valence-electron chi connectivity index (χ1n) is 6.80. The molecule has 2 heterocycles. The predicted molar refractivity (Wildman–Crippen MR) is 76.9 cm³/mol. The molecule has 20 heavy (non-hydrogen) atoms. The molecular weight excluding hydrogens is 252 g/mol. The van der Waals surface area contributed by atoms with Gasteiger partial charge < -0.3 is 10.6 Å². The van der Waals surface area contributed by atoms with Crippen LogP contribution in [0.2, 0.25) is 0 Å². The molecule has 3 rings (SSSR count). The molecule has 1 atom stereocenters. The topological polar surface area (TPSA) is 59.0 Å². The highest BCUT2D eigenvalue weighted by Gasteiger charge is 2.30. The Bertz CT molecular complexity index is 599. The SMILES string of the molecule is CC1(NC(=O)c2cnn(-c3ccccc3)c2)CCNC1. The van der Waals surface area contributed by atoms with Crippen LogP contribution in [0.15, 0.2) is 42.7 Å². The highest BCUT2D eigenvalue weighted by Crippen LogP contribution is 2.15. The maximum Gasteiger partial charge on any atom is 0.254 e. The van der Waals surface area contributed by atoms with Gasteiger partial charge in [0.05, 0.1) is 23.0 Å². The van der Waals surface area contributed by atoms with Gasteiger partial charge in [0.2, 0.25) is 0 Å². The highest BCUT2D eigenvalue weighted by molar-refractivity contribution is 5.94. The van der Waals surface area contributed by atoms with Crippen molar-refractivity contribution in [3.8, 4) is 5.69 Å². The fourth-order valence-corrected chi connectivity index (χ4v) is 2.43. The summed E-state index contributed by atoms with van der Waals surface area (Å²) in [6, 6.07) is 9.76. The van der Waals surface area contributed by atoms with Crippen LogP contribution in [0.25, 0.3) is 5.69 Å². The third-order valence-electron chi connectivity index (χ3n) is 3.65. The first kappa shape index (κ1) is 12.9. The lowest BCUT2D eigenvalue weighted by molar-refractivity contribution is 0.0913. The number of amides is 1. The average Bonchev–Trinajstić information content (AvgIpc) is 3.09. The summed E-state index contributed by atoms with van der Waals surface area (Å²) < 4.78 is 1.71. The molecule has 1 aromatic carbocycles. The van der Waals surface area contributed by atoms with Crippen molar-refractivity contribution in [1.29, 1.82) is 0 Å². The van der Waals surface area contributed by atoms with Crippen LogP contribution in [-0.4, -0.2) is 34.3 Å². The molecule has 1 saturated heterocycles. The van der Waals surface area contributed by atoms with Gasteiger partial charge in [-0.25, -0.2) is 4.68 Å². The maximum absolute atomic E-state index is 12.3. The fraction of sp³-hybridized carbons (Fsp3) is 0.333. The maximum atomic E-state index is 12.3. The van der Waals surface area contributed by atoms with Crippen molar-refractivity contribution in [3.05, 3.63) is 48.3 Å². The number of hydrogen-bond acceptors (Lipinski definition) is 3. The fourth-order valence-electron chi connectivity index (χ4n) is 2.43. The van der Waals surface area contributed by atoms with Gasteiger partial charge in [0, 0.05) is 12.7 Å². The number of carbonyl (C=O) groups is 1. The molecular formula is C15H18N4O. The van der Waals surface area contributed by atoms with E-state index in [4.69, 9.17) is 0 Å². The summed E-state index contributed by atoms with van der Waals surface area (Å²) in [6.07, 6.45) is 4.32. The number of nitrogens with one attached hydrogen (secondary N) is 2. The van der Waals surface area contributed by atoms with E-state index in [-0.39, 0.29) is 11.4 Å². The molecule has 2 N–H and O–H groups in total. The lowest BCUT2D eigenvalue weighted by Crippen LogP contribution is -2.47. The minimum Gasteiger partial charge on any atom is -0.345 e. The number of para-hydroxylation sites is 1. The van der Waals surface area contributed by atoms with Gasteiger partial charge in [0.15, 0.2) is 0 Å². The van der Waals surface area contributed by atoms with Gasteiger partial charge in [-0.3, -0.25) is 4.79 Å². The summed E-state index contributed by atoms with van der Waals surface area (Å²) in [5, 5.41) is 10.6. The molecule has 1 aliphatic heterocycles. The van der Waals surface area contributed by atoms with Gasteiger partial charge in [-0.15, -0.1) is 0 Å². The summed E-state index contributed by atoms with van der Waals surface area (Å²) in [5.41, 5.74) is 1.37. The van der Waals surface area contributed by atoms with E-state index in [9.17, 15) is 4.79 Å². The van der Waals surface area contributed by atoms with Crippen LogP contribution >= 0.6 is 0 Å². The van der Waals surface area contributed by atoms with Gasteiger partial charge in [0.1, 0.15) is 0 Å². The van der Waals surface area contributed by atoms with Crippen molar-refractivity contribution in [2.75, 3.05) is 13.1 Å². The molecule has 5 heteroatoms. The summed E-state index contributed by atoms with van der Waals surface area (Å²) in [7, 11) is 0. The first-order chi connectivity index (χ1) is 9.66. The predicted octanol–water partition coefficient (Wildman–Crippen LogP) is 1.35. The summed E-state index contributed by atoms with van der Waals surface area (Å²) in [5.74, 6) is -0.0709. The van der Waals surface area contributed by atoms with Crippen LogP contribution in [-0.2, 0) is 0 Å². The van der Waals surface area contributed by atoms with Crippen molar-refractivity contribution >= 4 is 5.91 Å². The van der Waals surface area contributed by atoms with Crippen molar-refractivity contribution in [2.24, 2.45) is 0 Å². The lowest BCUT2D eigenvalue weighted by atomic mass is 10.0. The zero-order valence-electron chi connectivity index (χ0n) is 11.5. The molecule has 1 aromatic heterocycles. The third kappa shape index (κ3) is 2.58. The molecule has 0 radical (unpaired) electrons. The number of rotatable bonds is 3. The molecule has 5 nitrogen and oxygen atoms in total. The summed E-state index contributed by atoms with van der Waals surface area (Å²) in [6.45, 7) is 3.82. The Morgan fingerprint density at radius 3 is 2.90 bits per heavy atom. The minimum atomic E-state index is -0.161. The second-order valence-electron chi connectivity index (χ2n) is 5.45.